The van der Waals surface area contributed by atoms with Crippen molar-refractivity contribution >= 4 is 17.7 Å². The predicted molar refractivity (Wildman–Crippen MR) is 111 cm³/mol. The van der Waals surface area contributed by atoms with Crippen molar-refractivity contribution in [1.29, 1.82) is 0 Å². The third kappa shape index (κ3) is 5.19. The molecule has 0 saturated heterocycles. The van der Waals surface area contributed by atoms with Crippen LogP contribution in [0.25, 0.3) is 6.08 Å². The minimum absolute atomic E-state index is 0.169. The summed E-state index contributed by atoms with van der Waals surface area (Å²) in [5.41, 5.74) is 1.54. The minimum Gasteiger partial charge on any atom is -0.493 e. The van der Waals surface area contributed by atoms with Crippen molar-refractivity contribution in [3.8, 4) is 23.0 Å². The molecule has 2 aromatic carbocycles. The number of rotatable bonds is 9. The number of benzene rings is 2. The predicted octanol–water partition coefficient (Wildman–Crippen LogP) is 4.18. The molecule has 0 saturated carbocycles. The molecule has 0 spiro atoms. The van der Waals surface area contributed by atoms with Gasteiger partial charge in [0.15, 0.2) is 23.0 Å². The maximum atomic E-state index is 12.5. The van der Waals surface area contributed by atoms with Crippen LogP contribution in [0.3, 0.4) is 0 Å². The molecule has 28 heavy (non-hydrogen) atoms. The van der Waals surface area contributed by atoms with E-state index in [2.05, 4.69) is 0 Å². The van der Waals surface area contributed by atoms with Gasteiger partial charge in [0.25, 0.3) is 5.91 Å². The summed E-state index contributed by atoms with van der Waals surface area (Å²) in [4.78, 5) is 14.1. The van der Waals surface area contributed by atoms with Crippen LogP contribution >= 0.6 is 0 Å². The molecule has 1 amide bonds. The van der Waals surface area contributed by atoms with Gasteiger partial charge in [-0.15, -0.1) is 0 Å². The number of carbonyl (C=O) groups is 1. The van der Waals surface area contributed by atoms with Gasteiger partial charge in [-0.2, -0.15) is 0 Å². The molecule has 150 valence electrons. The summed E-state index contributed by atoms with van der Waals surface area (Å²) in [7, 11) is 6.43. The molecule has 0 unspecified atom stereocenters. The second-order valence-electron chi connectivity index (χ2n) is 6.03. The summed E-state index contributed by atoms with van der Waals surface area (Å²) in [5.74, 6) is 2.33. The average Bonchev–Trinajstić information content (AvgIpc) is 2.74. The van der Waals surface area contributed by atoms with E-state index in [0.29, 0.717) is 35.3 Å². The third-order valence-electron chi connectivity index (χ3n) is 4.15. The first-order valence-electron chi connectivity index (χ1n) is 9.02. The van der Waals surface area contributed by atoms with Crippen molar-refractivity contribution in [2.75, 3.05) is 39.9 Å². The summed E-state index contributed by atoms with van der Waals surface area (Å²) in [5, 5.41) is 0. The summed E-state index contributed by atoms with van der Waals surface area (Å²) in [6.45, 7) is 2.67. The second-order valence-corrected chi connectivity index (χ2v) is 6.03. The molecule has 0 N–H and O–H groups in total. The smallest absolute Gasteiger partial charge is 0.250 e. The average molecular weight is 385 g/mol. The van der Waals surface area contributed by atoms with Gasteiger partial charge in [-0.1, -0.05) is 13.0 Å². The molecule has 6 nitrogen and oxygen atoms in total. The highest BCUT2D eigenvalue weighted by Crippen LogP contribution is 2.31. The molecule has 0 radical (unpaired) electrons. The van der Waals surface area contributed by atoms with Crippen molar-refractivity contribution in [3.05, 3.63) is 48.0 Å². The number of anilines is 1. The Labute approximate surface area is 166 Å². The molecule has 0 aliphatic rings. The van der Waals surface area contributed by atoms with E-state index >= 15 is 0 Å². The van der Waals surface area contributed by atoms with Crippen LogP contribution in [-0.4, -0.2) is 40.9 Å². The zero-order valence-corrected chi connectivity index (χ0v) is 17.0. The van der Waals surface area contributed by atoms with E-state index in [1.807, 2.05) is 25.1 Å². The Morgan fingerprint density at radius 2 is 1.57 bits per heavy atom. The van der Waals surface area contributed by atoms with Crippen LogP contribution in [0.4, 0.5) is 5.69 Å². The third-order valence-corrected chi connectivity index (χ3v) is 4.15. The molecule has 0 aromatic heterocycles. The Morgan fingerprint density at radius 3 is 2.21 bits per heavy atom. The Balaban J connectivity index is 2.14. The van der Waals surface area contributed by atoms with E-state index in [1.165, 1.54) is 11.0 Å². The number of hydrogen-bond acceptors (Lipinski definition) is 5. The van der Waals surface area contributed by atoms with E-state index in [0.717, 1.165) is 12.0 Å². The molecule has 0 aliphatic heterocycles. The number of likely N-dealkylation sites (N-methyl/N-ethyl adjacent to an activating group) is 1. The van der Waals surface area contributed by atoms with Gasteiger partial charge >= 0.3 is 0 Å². The van der Waals surface area contributed by atoms with Gasteiger partial charge in [0.05, 0.1) is 27.9 Å². The fourth-order valence-electron chi connectivity index (χ4n) is 2.56. The molecular weight excluding hydrogens is 358 g/mol. The molecule has 2 rings (SSSR count). The van der Waals surface area contributed by atoms with Gasteiger partial charge < -0.3 is 23.8 Å². The molecule has 2 aromatic rings. The molecular formula is C22H27NO5. The second kappa shape index (κ2) is 10.3. The van der Waals surface area contributed by atoms with Crippen LogP contribution in [-0.2, 0) is 4.79 Å². The molecule has 0 bridgehead atoms. The first-order chi connectivity index (χ1) is 13.5. The van der Waals surface area contributed by atoms with Crippen molar-refractivity contribution in [2.24, 2.45) is 0 Å². The lowest BCUT2D eigenvalue weighted by Gasteiger charge is -2.17. The fourth-order valence-corrected chi connectivity index (χ4v) is 2.56. The van der Waals surface area contributed by atoms with E-state index in [9.17, 15) is 4.79 Å². The largest absolute Gasteiger partial charge is 0.493 e. The first-order valence-corrected chi connectivity index (χ1v) is 9.02. The number of methoxy groups -OCH3 is 3. The molecule has 0 fully saturated rings. The van der Waals surface area contributed by atoms with Gasteiger partial charge in [0.2, 0.25) is 0 Å². The zero-order valence-electron chi connectivity index (χ0n) is 17.0. The van der Waals surface area contributed by atoms with Gasteiger partial charge in [-0.3, -0.25) is 4.79 Å². The normalized spacial score (nSPS) is 10.6. The van der Waals surface area contributed by atoms with Gasteiger partial charge in [0.1, 0.15) is 0 Å². The van der Waals surface area contributed by atoms with Crippen LogP contribution < -0.4 is 23.8 Å². The molecule has 0 atom stereocenters. The van der Waals surface area contributed by atoms with Crippen LogP contribution in [0.2, 0.25) is 0 Å². The summed E-state index contributed by atoms with van der Waals surface area (Å²) in [6, 6.07) is 10.9. The topological polar surface area (TPSA) is 57.2 Å². The number of amides is 1. The number of carbonyl (C=O) groups excluding carboxylic acids is 1. The van der Waals surface area contributed by atoms with Crippen LogP contribution in [0.1, 0.15) is 18.9 Å². The van der Waals surface area contributed by atoms with E-state index < -0.39 is 0 Å². The molecule has 6 heteroatoms. The lowest BCUT2D eigenvalue weighted by Crippen LogP contribution is -2.23. The Morgan fingerprint density at radius 1 is 0.929 bits per heavy atom. The van der Waals surface area contributed by atoms with Crippen molar-refractivity contribution in [3.63, 3.8) is 0 Å². The minimum atomic E-state index is -0.169. The molecule has 0 aliphatic carbocycles. The zero-order chi connectivity index (χ0) is 20.5. The summed E-state index contributed by atoms with van der Waals surface area (Å²) in [6.07, 6.45) is 4.17. The highest BCUT2D eigenvalue weighted by atomic mass is 16.5. The van der Waals surface area contributed by atoms with Gasteiger partial charge in [-0.05, 0) is 42.3 Å². The number of hydrogen-bond donors (Lipinski definition) is 0. The lowest BCUT2D eigenvalue weighted by molar-refractivity contribution is -0.113. The van der Waals surface area contributed by atoms with Gasteiger partial charge in [0, 0.05) is 24.9 Å². The molecule has 0 heterocycles. The summed E-state index contributed by atoms with van der Waals surface area (Å²) < 4.78 is 21.5. The van der Waals surface area contributed by atoms with Crippen LogP contribution in [0.5, 0.6) is 23.0 Å². The number of ether oxygens (including phenoxy) is 4. The monoisotopic (exact) mass is 385 g/mol. The van der Waals surface area contributed by atoms with Crippen LogP contribution in [0.15, 0.2) is 42.5 Å². The standard InChI is InChI=1S/C22H27NO5/c1-6-13-28-19-10-7-16(14-20(19)26-4)8-12-22(24)23(2)17-9-11-18(25-3)21(15-17)27-5/h7-12,14-15H,6,13H2,1-5H3/b12-8+. The Bertz CT molecular complexity index is 832. The highest BCUT2D eigenvalue weighted by molar-refractivity contribution is 6.03. The van der Waals surface area contributed by atoms with Crippen molar-refractivity contribution in [1.82, 2.24) is 0 Å². The number of nitrogens with zero attached hydrogens (tertiary/aromatic N) is 1. The maximum absolute atomic E-state index is 12.5. The fraction of sp³-hybridized carbons (Fsp3) is 0.318. The van der Waals surface area contributed by atoms with Crippen molar-refractivity contribution < 1.29 is 23.7 Å². The van der Waals surface area contributed by atoms with Crippen LogP contribution in [0, 0.1) is 0 Å². The van der Waals surface area contributed by atoms with E-state index in [4.69, 9.17) is 18.9 Å². The maximum Gasteiger partial charge on any atom is 0.250 e. The van der Waals surface area contributed by atoms with Crippen molar-refractivity contribution in [2.45, 2.75) is 13.3 Å². The van der Waals surface area contributed by atoms with Gasteiger partial charge in [-0.25, -0.2) is 0 Å². The summed E-state index contributed by atoms with van der Waals surface area (Å²) >= 11 is 0. The first kappa shape index (κ1) is 21.2. The lowest BCUT2D eigenvalue weighted by atomic mass is 10.2. The highest BCUT2D eigenvalue weighted by Gasteiger charge is 2.12. The van der Waals surface area contributed by atoms with E-state index in [-0.39, 0.29) is 5.91 Å². The van der Waals surface area contributed by atoms with E-state index in [1.54, 1.807) is 52.7 Å². The SMILES string of the molecule is CCCOc1ccc(/C=C/C(=O)N(C)c2ccc(OC)c(OC)c2)cc1OC. The quantitative estimate of drug-likeness (QED) is 0.606. The Kier molecular flexibility index (Phi) is 7.75. The Hall–Kier alpha value is -3.15.